The lowest BCUT2D eigenvalue weighted by Gasteiger charge is -2.08. The predicted molar refractivity (Wildman–Crippen MR) is 73.1 cm³/mol. The maximum absolute atomic E-state index is 10.9. The lowest BCUT2D eigenvalue weighted by Crippen LogP contribution is -2.24. The van der Waals surface area contributed by atoms with Gasteiger partial charge < -0.3 is 19.3 Å². The van der Waals surface area contributed by atoms with Gasteiger partial charge in [0.25, 0.3) is 0 Å². The van der Waals surface area contributed by atoms with Crippen molar-refractivity contribution in [2.24, 2.45) is 0 Å². The zero-order valence-corrected chi connectivity index (χ0v) is 11.3. The van der Waals surface area contributed by atoms with Crippen LogP contribution in [-0.2, 0) is 11.2 Å². The Labute approximate surface area is 120 Å². The standard InChI is InChI=1S/C15H13NO5/c1-19-14-8-11(4-5-16-14)20-10-3-2-9-6-13(15(17)18)21-12(9)7-10/h2-5,7-8,13H,6H2,1H3,(H,17,18). The zero-order valence-electron chi connectivity index (χ0n) is 11.3. The van der Waals surface area contributed by atoms with Gasteiger partial charge in [-0.15, -0.1) is 0 Å². The van der Waals surface area contributed by atoms with E-state index < -0.39 is 12.1 Å². The summed E-state index contributed by atoms with van der Waals surface area (Å²) in [7, 11) is 1.53. The van der Waals surface area contributed by atoms with Crippen LogP contribution in [0.25, 0.3) is 0 Å². The average molecular weight is 287 g/mol. The SMILES string of the molecule is COc1cc(Oc2ccc3c(c2)OC(C(=O)O)C3)ccn1. The Morgan fingerprint density at radius 2 is 2.14 bits per heavy atom. The molecule has 0 amide bonds. The van der Waals surface area contributed by atoms with E-state index in [1.54, 1.807) is 30.5 Å². The second-order valence-electron chi connectivity index (χ2n) is 4.55. The van der Waals surface area contributed by atoms with Crippen LogP contribution < -0.4 is 14.2 Å². The van der Waals surface area contributed by atoms with Crippen molar-refractivity contribution in [2.45, 2.75) is 12.5 Å². The normalized spacial score (nSPS) is 16.0. The van der Waals surface area contributed by atoms with E-state index in [9.17, 15) is 4.79 Å². The highest BCUT2D eigenvalue weighted by molar-refractivity contribution is 5.74. The average Bonchev–Trinajstić information content (AvgIpc) is 2.91. The van der Waals surface area contributed by atoms with E-state index in [2.05, 4.69) is 4.98 Å². The van der Waals surface area contributed by atoms with Gasteiger partial charge in [0.2, 0.25) is 5.88 Å². The first-order chi connectivity index (χ1) is 10.2. The molecule has 2 heterocycles. The van der Waals surface area contributed by atoms with Gasteiger partial charge in [-0.3, -0.25) is 0 Å². The van der Waals surface area contributed by atoms with Gasteiger partial charge in [-0.05, 0) is 17.7 Å². The van der Waals surface area contributed by atoms with Crippen molar-refractivity contribution in [1.82, 2.24) is 4.98 Å². The summed E-state index contributed by atoms with van der Waals surface area (Å²) in [5, 5.41) is 8.97. The van der Waals surface area contributed by atoms with E-state index in [0.717, 1.165) is 5.56 Å². The number of pyridine rings is 1. The molecule has 1 aliphatic rings. The van der Waals surface area contributed by atoms with Crippen molar-refractivity contribution in [1.29, 1.82) is 0 Å². The van der Waals surface area contributed by atoms with Crippen LogP contribution in [0.1, 0.15) is 5.56 Å². The smallest absolute Gasteiger partial charge is 0.345 e. The van der Waals surface area contributed by atoms with Crippen LogP contribution in [-0.4, -0.2) is 29.3 Å². The van der Waals surface area contributed by atoms with Gasteiger partial charge in [0.05, 0.1) is 7.11 Å². The third-order valence-electron chi connectivity index (χ3n) is 3.14. The maximum Gasteiger partial charge on any atom is 0.345 e. The van der Waals surface area contributed by atoms with Crippen LogP contribution in [0.2, 0.25) is 0 Å². The number of aromatic nitrogens is 1. The minimum absolute atomic E-state index is 0.369. The molecule has 2 aromatic rings. The van der Waals surface area contributed by atoms with E-state index >= 15 is 0 Å². The minimum Gasteiger partial charge on any atom is -0.481 e. The molecule has 6 heteroatoms. The molecule has 0 saturated carbocycles. The fourth-order valence-electron chi connectivity index (χ4n) is 2.11. The number of nitrogens with zero attached hydrogens (tertiary/aromatic N) is 1. The molecule has 0 aliphatic carbocycles. The molecular weight excluding hydrogens is 274 g/mol. The maximum atomic E-state index is 10.9. The number of carboxylic acid groups (broad SMARTS) is 1. The number of aliphatic carboxylic acids is 1. The summed E-state index contributed by atoms with van der Waals surface area (Å²) in [4.78, 5) is 14.9. The molecule has 3 rings (SSSR count). The molecule has 0 fully saturated rings. The van der Waals surface area contributed by atoms with E-state index in [0.29, 0.717) is 29.5 Å². The third-order valence-corrected chi connectivity index (χ3v) is 3.14. The molecular formula is C15H13NO5. The van der Waals surface area contributed by atoms with Gasteiger partial charge >= 0.3 is 5.97 Å². The first-order valence-electron chi connectivity index (χ1n) is 6.36. The van der Waals surface area contributed by atoms with Gasteiger partial charge in [0.15, 0.2) is 6.10 Å². The highest BCUT2D eigenvalue weighted by Gasteiger charge is 2.29. The third kappa shape index (κ3) is 2.74. The lowest BCUT2D eigenvalue weighted by molar-refractivity contribution is -0.144. The monoisotopic (exact) mass is 287 g/mol. The predicted octanol–water partition coefficient (Wildman–Crippen LogP) is 2.27. The molecule has 0 radical (unpaired) electrons. The van der Waals surface area contributed by atoms with Gasteiger partial charge in [0.1, 0.15) is 17.2 Å². The van der Waals surface area contributed by atoms with Crippen molar-refractivity contribution < 1.29 is 24.1 Å². The summed E-state index contributed by atoms with van der Waals surface area (Å²) >= 11 is 0. The molecule has 1 atom stereocenters. The number of rotatable bonds is 4. The summed E-state index contributed by atoms with van der Waals surface area (Å²) in [6, 6.07) is 8.64. The molecule has 0 saturated heterocycles. The molecule has 6 nitrogen and oxygen atoms in total. The highest BCUT2D eigenvalue weighted by atomic mass is 16.5. The number of ether oxygens (including phenoxy) is 3. The lowest BCUT2D eigenvalue weighted by atomic mass is 10.1. The summed E-state index contributed by atoms with van der Waals surface area (Å²) in [6.45, 7) is 0. The Morgan fingerprint density at radius 1 is 1.33 bits per heavy atom. The van der Waals surface area contributed by atoms with Crippen LogP contribution >= 0.6 is 0 Å². The van der Waals surface area contributed by atoms with E-state index in [1.165, 1.54) is 7.11 Å². The molecule has 21 heavy (non-hydrogen) atoms. The number of hydrogen-bond donors (Lipinski definition) is 1. The quantitative estimate of drug-likeness (QED) is 0.929. The molecule has 1 aliphatic heterocycles. The Hall–Kier alpha value is -2.76. The molecule has 108 valence electrons. The molecule has 0 spiro atoms. The van der Waals surface area contributed by atoms with Crippen LogP contribution in [0, 0.1) is 0 Å². The van der Waals surface area contributed by atoms with Crippen molar-refractivity contribution >= 4 is 5.97 Å². The van der Waals surface area contributed by atoms with Crippen LogP contribution in [0.4, 0.5) is 0 Å². The van der Waals surface area contributed by atoms with Gasteiger partial charge in [-0.1, -0.05) is 6.07 Å². The number of hydrogen-bond acceptors (Lipinski definition) is 5. The first-order valence-corrected chi connectivity index (χ1v) is 6.36. The Balaban J connectivity index is 1.79. The Bertz CT molecular complexity index is 686. The molecule has 1 aromatic carbocycles. The molecule has 1 N–H and O–H groups in total. The van der Waals surface area contributed by atoms with Crippen LogP contribution in [0.3, 0.4) is 0 Å². The van der Waals surface area contributed by atoms with E-state index in [1.807, 2.05) is 6.07 Å². The fourth-order valence-corrected chi connectivity index (χ4v) is 2.11. The summed E-state index contributed by atoms with van der Waals surface area (Å²) in [5.74, 6) is 1.17. The summed E-state index contributed by atoms with van der Waals surface area (Å²) in [5.41, 5.74) is 0.863. The largest absolute Gasteiger partial charge is 0.481 e. The van der Waals surface area contributed by atoms with Gasteiger partial charge in [-0.25, -0.2) is 9.78 Å². The van der Waals surface area contributed by atoms with E-state index in [-0.39, 0.29) is 0 Å². The fraction of sp³-hybridized carbons (Fsp3) is 0.200. The topological polar surface area (TPSA) is 77.9 Å². The van der Waals surface area contributed by atoms with Crippen molar-refractivity contribution in [3.63, 3.8) is 0 Å². The zero-order chi connectivity index (χ0) is 14.8. The Morgan fingerprint density at radius 3 is 2.90 bits per heavy atom. The number of methoxy groups -OCH3 is 1. The highest BCUT2D eigenvalue weighted by Crippen LogP contribution is 2.34. The minimum atomic E-state index is -0.965. The van der Waals surface area contributed by atoms with Crippen molar-refractivity contribution in [2.75, 3.05) is 7.11 Å². The van der Waals surface area contributed by atoms with Crippen LogP contribution in [0.5, 0.6) is 23.1 Å². The van der Waals surface area contributed by atoms with Gasteiger partial charge in [-0.2, -0.15) is 0 Å². The second kappa shape index (κ2) is 5.32. The van der Waals surface area contributed by atoms with Crippen molar-refractivity contribution in [3.8, 4) is 23.1 Å². The number of carboxylic acids is 1. The molecule has 1 aromatic heterocycles. The van der Waals surface area contributed by atoms with Gasteiger partial charge in [0, 0.05) is 24.8 Å². The summed E-state index contributed by atoms with van der Waals surface area (Å²) < 4.78 is 16.1. The van der Waals surface area contributed by atoms with Crippen molar-refractivity contribution in [3.05, 3.63) is 42.1 Å². The number of carbonyl (C=O) groups is 1. The molecule has 1 unspecified atom stereocenters. The second-order valence-corrected chi connectivity index (χ2v) is 4.55. The number of benzene rings is 1. The van der Waals surface area contributed by atoms with E-state index in [4.69, 9.17) is 19.3 Å². The Kier molecular flexibility index (Phi) is 3.35. The number of fused-ring (bicyclic) bond motifs is 1. The first kappa shape index (κ1) is 13.2. The summed E-state index contributed by atoms with van der Waals surface area (Å²) in [6.07, 6.45) is 1.13. The molecule has 0 bridgehead atoms. The van der Waals surface area contributed by atoms with Crippen LogP contribution in [0.15, 0.2) is 36.5 Å².